The maximum Gasteiger partial charge on any atom is 0.222 e. The number of aliphatic hydroxyl groups is 1. The van der Waals surface area contributed by atoms with Crippen molar-refractivity contribution >= 4 is 5.95 Å². The molecule has 2 heterocycles. The molecule has 0 amide bonds. The van der Waals surface area contributed by atoms with Gasteiger partial charge in [0.15, 0.2) is 0 Å². The minimum absolute atomic E-state index is 0.165. The van der Waals surface area contributed by atoms with E-state index in [0.717, 1.165) is 41.1 Å². The summed E-state index contributed by atoms with van der Waals surface area (Å²) in [5.41, 5.74) is 3.35. The van der Waals surface area contributed by atoms with E-state index in [4.69, 9.17) is 4.98 Å². The molecular formula is C26H26FN5O. The lowest BCUT2D eigenvalue weighted by molar-refractivity contribution is -0.0122. The second-order valence-corrected chi connectivity index (χ2v) is 8.50. The number of benzene rings is 2. The quantitative estimate of drug-likeness (QED) is 0.444. The van der Waals surface area contributed by atoms with Crippen molar-refractivity contribution in [3.8, 4) is 22.6 Å². The van der Waals surface area contributed by atoms with E-state index in [9.17, 15) is 9.50 Å². The van der Waals surface area contributed by atoms with E-state index in [1.165, 1.54) is 12.1 Å². The number of nitrogens with one attached hydrogen (secondary N) is 1. The first-order valence-corrected chi connectivity index (χ1v) is 11.2. The number of imidazole rings is 1. The van der Waals surface area contributed by atoms with E-state index >= 15 is 0 Å². The van der Waals surface area contributed by atoms with Crippen LogP contribution >= 0.6 is 0 Å². The van der Waals surface area contributed by atoms with Gasteiger partial charge in [-0.05, 0) is 61.6 Å². The van der Waals surface area contributed by atoms with Gasteiger partial charge in [-0.2, -0.15) is 0 Å². The summed E-state index contributed by atoms with van der Waals surface area (Å²) in [5, 5.41) is 14.3. The third kappa shape index (κ3) is 4.12. The van der Waals surface area contributed by atoms with Gasteiger partial charge in [0.25, 0.3) is 0 Å². The molecule has 0 saturated heterocycles. The highest BCUT2D eigenvalue weighted by atomic mass is 19.1. The Morgan fingerprint density at radius 1 is 1.00 bits per heavy atom. The van der Waals surface area contributed by atoms with Crippen molar-refractivity contribution in [1.29, 1.82) is 0 Å². The Balaban J connectivity index is 1.52. The van der Waals surface area contributed by atoms with Crippen LogP contribution in [0.3, 0.4) is 0 Å². The fraction of sp³-hybridized carbons (Fsp3) is 0.269. The first-order chi connectivity index (χ1) is 16.1. The molecule has 168 valence electrons. The number of hydrogen-bond donors (Lipinski definition) is 2. The summed E-state index contributed by atoms with van der Waals surface area (Å²) >= 11 is 0. The minimum atomic E-state index is -0.813. The zero-order chi connectivity index (χ0) is 22.8. The van der Waals surface area contributed by atoms with E-state index < -0.39 is 5.60 Å². The number of rotatable bonds is 5. The highest BCUT2D eigenvalue weighted by Crippen LogP contribution is 2.43. The van der Waals surface area contributed by atoms with Gasteiger partial charge in [-0.3, -0.25) is 0 Å². The van der Waals surface area contributed by atoms with Crippen molar-refractivity contribution in [2.24, 2.45) is 0 Å². The summed E-state index contributed by atoms with van der Waals surface area (Å²) in [6, 6.07) is 18.3. The van der Waals surface area contributed by atoms with Crippen molar-refractivity contribution in [2.75, 3.05) is 12.4 Å². The molecule has 6 nitrogen and oxygen atoms in total. The molecule has 0 aliphatic heterocycles. The van der Waals surface area contributed by atoms with Crippen LogP contribution in [-0.2, 0) is 5.60 Å². The molecule has 1 aliphatic carbocycles. The van der Waals surface area contributed by atoms with Crippen LogP contribution in [0.1, 0.15) is 37.3 Å². The van der Waals surface area contributed by atoms with Crippen LogP contribution in [0.25, 0.3) is 22.6 Å². The molecule has 0 bridgehead atoms. The van der Waals surface area contributed by atoms with Crippen molar-refractivity contribution in [2.45, 2.75) is 37.3 Å². The average molecular weight is 444 g/mol. The van der Waals surface area contributed by atoms with E-state index in [1.807, 2.05) is 42.7 Å². The third-order valence-corrected chi connectivity index (χ3v) is 6.52. The third-order valence-electron chi connectivity index (χ3n) is 6.52. The summed E-state index contributed by atoms with van der Waals surface area (Å²) in [6.07, 6.45) is 6.50. The summed E-state index contributed by atoms with van der Waals surface area (Å²) in [4.78, 5) is 13.6. The number of halogens is 1. The molecule has 0 radical (unpaired) electrons. The topological polar surface area (TPSA) is 75.9 Å². The summed E-state index contributed by atoms with van der Waals surface area (Å²) < 4.78 is 15.7. The first-order valence-electron chi connectivity index (χ1n) is 11.2. The number of aromatic nitrogens is 4. The number of anilines is 1. The first kappa shape index (κ1) is 21.3. The normalized spacial score (nSPS) is 20.5. The maximum absolute atomic E-state index is 13.6. The molecule has 33 heavy (non-hydrogen) atoms. The van der Waals surface area contributed by atoms with Gasteiger partial charge in [0.1, 0.15) is 5.82 Å². The number of nitrogens with zero attached hydrogens (tertiary/aromatic N) is 4. The summed E-state index contributed by atoms with van der Waals surface area (Å²) in [7, 11) is 1.78. The lowest BCUT2D eigenvalue weighted by Gasteiger charge is -2.37. The van der Waals surface area contributed by atoms with Crippen LogP contribution in [0.4, 0.5) is 10.3 Å². The predicted octanol–water partition coefficient (Wildman–Crippen LogP) is 5.19. The van der Waals surface area contributed by atoms with Gasteiger partial charge >= 0.3 is 0 Å². The van der Waals surface area contributed by atoms with Gasteiger partial charge in [-0.15, -0.1) is 0 Å². The summed E-state index contributed by atoms with van der Waals surface area (Å²) in [5.74, 6) is 0.235. The Morgan fingerprint density at radius 2 is 1.73 bits per heavy atom. The van der Waals surface area contributed by atoms with E-state index in [0.29, 0.717) is 18.8 Å². The van der Waals surface area contributed by atoms with E-state index in [2.05, 4.69) is 19.9 Å². The van der Waals surface area contributed by atoms with E-state index in [1.54, 1.807) is 25.4 Å². The van der Waals surface area contributed by atoms with Crippen molar-refractivity contribution < 1.29 is 9.50 Å². The molecule has 0 atom stereocenters. The summed E-state index contributed by atoms with van der Waals surface area (Å²) in [6.45, 7) is 0. The van der Waals surface area contributed by atoms with Crippen LogP contribution in [0.5, 0.6) is 0 Å². The van der Waals surface area contributed by atoms with Crippen molar-refractivity contribution in [3.63, 3.8) is 0 Å². The second kappa shape index (κ2) is 8.75. The highest BCUT2D eigenvalue weighted by molar-refractivity contribution is 5.77. The van der Waals surface area contributed by atoms with Gasteiger partial charge in [-0.25, -0.2) is 19.3 Å². The molecule has 2 aromatic carbocycles. The molecule has 2 N–H and O–H groups in total. The smallest absolute Gasteiger partial charge is 0.222 e. The van der Waals surface area contributed by atoms with Gasteiger partial charge < -0.3 is 15.0 Å². The number of hydrogen-bond acceptors (Lipinski definition) is 5. The van der Waals surface area contributed by atoms with Crippen LogP contribution in [-0.4, -0.2) is 31.7 Å². The van der Waals surface area contributed by atoms with Crippen LogP contribution in [0.2, 0.25) is 0 Å². The molecule has 0 unspecified atom stereocenters. The zero-order valence-corrected chi connectivity index (χ0v) is 18.4. The monoisotopic (exact) mass is 443 g/mol. The van der Waals surface area contributed by atoms with Gasteiger partial charge in [0, 0.05) is 24.8 Å². The SMILES string of the molecule is CNc1nccc(-c2c(-c3ccc(F)cc3)ncn2C2CCC(O)(c3ccccc3)CC2)n1. The fourth-order valence-electron chi connectivity index (χ4n) is 4.72. The maximum atomic E-state index is 13.6. The van der Waals surface area contributed by atoms with Gasteiger partial charge in [-0.1, -0.05) is 30.3 Å². The second-order valence-electron chi connectivity index (χ2n) is 8.50. The van der Waals surface area contributed by atoms with Gasteiger partial charge in [0.2, 0.25) is 5.95 Å². The standard InChI is InChI=1S/C26H26FN5O/c1-28-25-29-16-13-22(31-25)24-23(18-7-9-20(27)10-8-18)30-17-32(24)21-11-14-26(33,15-12-21)19-5-3-2-4-6-19/h2-10,13,16-17,21,33H,11-12,14-15H2,1H3,(H,28,29,31). The Labute approximate surface area is 192 Å². The molecule has 4 aromatic rings. The zero-order valence-electron chi connectivity index (χ0n) is 18.4. The van der Waals surface area contributed by atoms with Crippen molar-refractivity contribution in [3.05, 3.63) is 84.6 Å². The molecule has 1 saturated carbocycles. The molecule has 1 fully saturated rings. The Hall–Kier alpha value is -3.58. The Kier molecular flexibility index (Phi) is 5.64. The molecule has 5 rings (SSSR count). The molecule has 7 heteroatoms. The molecular weight excluding hydrogens is 417 g/mol. The Bertz CT molecular complexity index is 1230. The lowest BCUT2D eigenvalue weighted by Crippen LogP contribution is -2.32. The molecule has 2 aromatic heterocycles. The molecule has 0 spiro atoms. The largest absolute Gasteiger partial charge is 0.385 e. The average Bonchev–Trinajstić information content (AvgIpc) is 3.31. The Morgan fingerprint density at radius 3 is 2.42 bits per heavy atom. The van der Waals surface area contributed by atoms with Crippen LogP contribution in [0, 0.1) is 5.82 Å². The lowest BCUT2D eigenvalue weighted by atomic mass is 9.77. The molecule has 1 aliphatic rings. The van der Waals surface area contributed by atoms with Crippen molar-refractivity contribution in [1.82, 2.24) is 19.5 Å². The fourth-order valence-corrected chi connectivity index (χ4v) is 4.72. The van der Waals surface area contributed by atoms with Gasteiger partial charge in [0.05, 0.1) is 29.0 Å². The highest BCUT2D eigenvalue weighted by Gasteiger charge is 2.36. The van der Waals surface area contributed by atoms with Crippen LogP contribution in [0.15, 0.2) is 73.2 Å². The predicted molar refractivity (Wildman–Crippen MR) is 126 cm³/mol. The van der Waals surface area contributed by atoms with E-state index in [-0.39, 0.29) is 11.9 Å². The van der Waals surface area contributed by atoms with Crippen LogP contribution < -0.4 is 5.32 Å². The minimum Gasteiger partial charge on any atom is -0.385 e.